The zero-order valence-corrected chi connectivity index (χ0v) is 12.5. The summed E-state index contributed by atoms with van der Waals surface area (Å²) >= 11 is 0. The predicted octanol–water partition coefficient (Wildman–Crippen LogP) is 2.59. The van der Waals surface area contributed by atoms with Gasteiger partial charge in [0.2, 0.25) is 5.91 Å². The van der Waals surface area contributed by atoms with Crippen molar-refractivity contribution in [2.75, 3.05) is 13.1 Å². The molecule has 0 aromatic carbocycles. The van der Waals surface area contributed by atoms with Crippen molar-refractivity contribution in [3.63, 3.8) is 0 Å². The number of hydrogen-bond acceptors (Lipinski definition) is 2. The average Bonchev–Trinajstić information content (AvgIpc) is 2.29. The third-order valence-electron chi connectivity index (χ3n) is 4.10. The van der Waals surface area contributed by atoms with Crippen LogP contribution in [0.5, 0.6) is 0 Å². The first-order valence-electron chi connectivity index (χ1n) is 7.19. The molecular weight excluding hydrogens is 248 g/mol. The standard InChI is InChI=1S/C14H26N2O.ClH/c1-11-9-16(10-12(2)15-11)14(17)8-13-6-4-3-5-7-13;/h11-13,15H,3-10H2,1-2H3;1H. The molecule has 2 aliphatic rings. The fourth-order valence-electron chi connectivity index (χ4n) is 3.30. The molecule has 2 fully saturated rings. The lowest BCUT2D eigenvalue weighted by atomic mass is 9.86. The summed E-state index contributed by atoms with van der Waals surface area (Å²) in [5.41, 5.74) is 0. The van der Waals surface area contributed by atoms with E-state index >= 15 is 0 Å². The molecule has 2 rings (SSSR count). The maximum absolute atomic E-state index is 12.3. The smallest absolute Gasteiger partial charge is 0.222 e. The highest BCUT2D eigenvalue weighted by Gasteiger charge is 2.26. The van der Waals surface area contributed by atoms with Crippen LogP contribution in [-0.2, 0) is 4.79 Å². The first kappa shape index (κ1) is 15.8. The van der Waals surface area contributed by atoms with Crippen LogP contribution >= 0.6 is 12.4 Å². The van der Waals surface area contributed by atoms with Gasteiger partial charge in [0.05, 0.1) is 0 Å². The minimum atomic E-state index is 0. The molecule has 0 spiro atoms. The number of nitrogens with zero attached hydrogens (tertiary/aromatic N) is 1. The van der Waals surface area contributed by atoms with Gasteiger partial charge in [0.1, 0.15) is 0 Å². The lowest BCUT2D eigenvalue weighted by Gasteiger charge is -2.37. The number of amides is 1. The van der Waals surface area contributed by atoms with Gasteiger partial charge in [-0.25, -0.2) is 0 Å². The summed E-state index contributed by atoms with van der Waals surface area (Å²) in [5, 5.41) is 3.47. The van der Waals surface area contributed by atoms with Gasteiger partial charge in [-0.2, -0.15) is 0 Å². The molecule has 0 aromatic heterocycles. The molecule has 0 bridgehead atoms. The summed E-state index contributed by atoms with van der Waals surface area (Å²) in [6.45, 7) is 6.10. The van der Waals surface area contributed by atoms with Gasteiger partial charge < -0.3 is 10.2 Å². The average molecular weight is 275 g/mol. The van der Waals surface area contributed by atoms with Crippen molar-refractivity contribution >= 4 is 18.3 Å². The number of rotatable bonds is 2. The fraction of sp³-hybridized carbons (Fsp3) is 0.929. The van der Waals surface area contributed by atoms with Gasteiger partial charge in [0.15, 0.2) is 0 Å². The maximum atomic E-state index is 12.3. The van der Waals surface area contributed by atoms with Crippen molar-refractivity contribution in [3.8, 4) is 0 Å². The van der Waals surface area contributed by atoms with Gasteiger partial charge in [-0.15, -0.1) is 12.4 Å². The molecule has 4 heteroatoms. The van der Waals surface area contributed by atoms with Gasteiger partial charge in [-0.1, -0.05) is 19.3 Å². The maximum Gasteiger partial charge on any atom is 0.222 e. The highest BCUT2D eigenvalue weighted by atomic mass is 35.5. The van der Waals surface area contributed by atoms with E-state index in [9.17, 15) is 4.79 Å². The number of hydrogen-bond donors (Lipinski definition) is 1. The van der Waals surface area contributed by atoms with Crippen molar-refractivity contribution in [1.29, 1.82) is 0 Å². The van der Waals surface area contributed by atoms with E-state index in [1.165, 1.54) is 32.1 Å². The Morgan fingerprint density at radius 1 is 1.11 bits per heavy atom. The molecule has 1 heterocycles. The topological polar surface area (TPSA) is 32.3 Å². The summed E-state index contributed by atoms with van der Waals surface area (Å²) in [5.74, 6) is 1.05. The molecule has 1 aliphatic carbocycles. The molecule has 0 radical (unpaired) electrons. The summed E-state index contributed by atoms with van der Waals surface area (Å²) in [4.78, 5) is 14.3. The summed E-state index contributed by atoms with van der Waals surface area (Å²) in [7, 11) is 0. The van der Waals surface area contributed by atoms with E-state index in [1.807, 2.05) is 0 Å². The third-order valence-corrected chi connectivity index (χ3v) is 4.10. The minimum absolute atomic E-state index is 0. The highest BCUT2D eigenvalue weighted by Crippen LogP contribution is 2.27. The monoisotopic (exact) mass is 274 g/mol. The fourth-order valence-corrected chi connectivity index (χ4v) is 3.30. The second-order valence-corrected chi connectivity index (χ2v) is 5.98. The van der Waals surface area contributed by atoms with E-state index in [0.717, 1.165) is 19.5 Å². The van der Waals surface area contributed by atoms with Crippen LogP contribution in [0.3, 0.4) is 0 Å². The Morgan fingerprint density at radius 3 is 2.22 bits per heavy atom. The Morgan fingerprint density at radius 2 is 1.67 bits per heavy atom. The Labute approximate surface area is 117 Å². The van der Waals surface area contributed by atoms with Gasteiger partial charge in [-0.3, -0.25) is 4.79 Å². The van der Waals surface area contributed by atoms with Crippen LogP contribution in [0.25, 0.3) is 0 Å². The predicted molar refractivity (Wildman–Crippen MR) is 77.1 cm³/mol. The molecule has 106 valence electrons. The Kier molecular flexibility index (Phi) is 6.44. The molecule has 1 saturated heterocycles. The SMILES string of the molecule is CC1CN(C(=O)CC2CCCCC2)CC(C)N1.Cl. The van der Waals surface area contributed by atoms with Crippen LogP contribution in [0.15, 0.2) is 0 Å². The van der Waals surface area contributed by atoms with Crippen LogP contribution in [0, 0.1) is 5.92 Å². The van der Waals surface area contributed by atoms with Crippen LogP contribution < -0.4 is 5.32 Å². The van der Waals surface area contributed by atoms with Crippen LogP contribution in [0.1, 0.15) is 52.4 Å². The normalized spacial score (nSPS) is 29.8. The van der Waals surface area contributed by atoms with E-state index in [-0.39, 0.29) is 12.4 Å². The summed E-state index contributed by atoms with van der Waals surface area (Å²) < 4.78 is 0. The molecule has 1 saturated carbocycles. The van der Waals surface area contributed by atoms with Crippen LogP contribution in [-0.4, -0.2) is 36.0 Å². The number of piperazine rings is 1. The first-order valence-corrected chi connectivity index (χ1v) is 7.19. The molecule has 2 unspecified atom stereocenters. The van der Waals surface area contributed by atoms with Gasteiger partial charge in [0, 0.05) is 31.6 Å². The summed E-state index contributed by atoms with van der Waals surface area (Å²) in [6, 6.07) is 0.878. The van der Waals surface area contributed by atoms with E-state index in [4.69, 9.17) is 0 Å². The van der Waals surface area contributed by atoms with Crippen molar-refractivity contribution in [3.05, 3.63) is 0 Å². The molecule has 1 aliphatic heterocycles. The second-order valence-electron chi connectivity index (χ2n) is 5.98. The zero-order chi connectivity index (χ0) is 12.3. The number of carbonyl (C=O) groups is 1. The molecule has 0 aromatic rings. The molecular formula is C14H27ClN2O. The van der Waals surface area contributed by atoms with E-state index in [2.05, 4.69) is 24.1 Å². The lowest BCUT2D eigenvalue weighted by molar-refractivity contribution is -0.134. The van der Waals surface area contributed by atoms with Crippen LogP contribution in [0.2, 0.25) is 0 Å². The molecule has 3 nitrogen and oxygen atoms in total. The van der Waals surface area contributed by atoms with E-state index in [1.54, 1.807) is 0 Å². The van der Waals surface area contributed by atoms with Gasteiger partial charge >= 0.3 is 0 Å². The zero-order valence-electron chi connectivity index (χ0n) is 11.7. The molecule has 1 N–H and O–H groups in total. The Balaban J connectivity index is 0.00000162. The lowest BCUT2D eigenvalue weighted by Crippen LogP contribution is -2.56. The molecule has 2 atom stereocenters. The first-order chi connectivity index (χ1) is 8.15. The Bertz CT molecular complexity index is 257. The quantitative estimate of drug-likeness (QED) is 0.839. The number of carbonyl (C=O) groups excluding carboxylic acids is 1. The van der Waals surface area contributed by atoms with E-state index < -0.39 is 0 Å². The summed E-state index contributed by atoms with van der Waals surface area (Å²) in [6.07, 6.45) is 7.34. The van der Waals surface area contributed by atoms with Crippen molar-refractivity contribution < 1.29 is 4.79 Å². The third kappa shape index (κ3) is 4.43. The highest BCUT2D eigenvalue weighted by molar-refractivity contribution is 5.85. The van der Waals surface area contributed by atoms with Gasteiger partial charge in [0.25, 0.3) is 0 Å². The van der Waals surface area contributed by atoms with Gasteiger partial charge in [-0.05, 0) is 32.6 Å². The minimum Gasteiger partial charge on any atom is -0.340 e. The molecule has 18 heavy (non-hydrogen) atoms. The van der Waals surface area contributed by atoms with Crippen molar-refractivity contribution in [1.82, 2.24) is 10.2 Å². The molecule has 1 amide bonds. The van der Waals surface area contributed by atoms with Crippen molar-refractivity contribution in [2.24, 2.45) is 5.92 Å². The van der Waals surface area contributed by atoms with Crippen LogP contribution in [0.4, 0.5) is 0 Å². The Hall–Kier alpha value is -0.280. The second kappa shape index (κ2) is 7.34. The largest absolute Gasteiger partial charge is 0.340 e. The number of nitrogens with one attached hydrogen (secondary N) is 1. The van der Waals surface area contributed by atoms with E-state index in [0.29, 0.717) is 23.9 Å². The number of halogens is 1. The van der Waals surface area contributed by atoms with Crippen molar-refractivity contribution in [2.45, 2.75) is 64.5 Å².